The predicted octanol–water partition coefficient (Wildman–Crippen LogP) is 5.74. The quantitative estimate of drug-likeness (QED) is 0.401. The second-order valence-corrected chi connectivity index (χ2v) is 7.67. The lowest BCUT2D eigenvalue weighted by Gasteiger charge is -2.10. The van der Waals surface area contributed by atoms with Gasteiger partial charge in [0.15, 0.2) is 0 Å². The maximum absolute atomic E-state index is 12.9. The molecule has 0 aliphatic rings. The van der Waals surface area contributed by atoms with Crippen LogP contribution in [-0.2, 0) is 25.6 Å². The van der Waals surface area contributed by atoms with Crippen LogP contribution < -0.4 is 0 Å². The summed E-state index contributed by atoms with van der Waals surface area (Å²) in [6.45, 7) is 0.615. The third-order valence-corrected chi connectivity index (χ3v) is 5.38. The van der Waals surface area contributed by atoms with E-state index in [0.717, 1.165) is 45.8 Å². The molecule has 0 saturated carbocycles. The Hall–Kier alpha value is -3.38. The molecule has 0 radical (unpaired) electrons. The van der Waals surface area contributed by atoms with Crippen molar-refractivity contribution in [1.29, 1.82) is 0 Å². The van der Waals surface area contributed by atoms with Gasteiger partial charge in [0, 0.05) is 24.3 Å². The monoisotopic (exact) mass is 436 g/mol. The fourth-order valence-corrected chi connectivity index (χ4v) is 3.75. The minimum absolute atomic E-state index is 0.0210. The first kappa shape index (κ1) is 21.8. The number of hydrogen-bond donors (Lipinski definition) is 1. The van der Waals surface area contributed by atoms with E-state index in [4.69, 9.17) is 5.10 Å². The Morgan fingerprint density at radius 3 is 2.19 bits per heavy atom. The van der Waals surface area contributed by atoms with Crippen LogP contribution in [0.5, 0.6) is 0 Å². The number of hydrogen-bond acceptors (Lipinski definition) is 2. The van der Waals surface area contributed by atoms with Gasteiger partial charge in [-0.2, -0.15) is 18.3 Å². The van der Waals surface area contributed by atoms with Crippen LogP contribution in [0.2, 0.25) is 0 Å². The molecule has 3 nitrogen and oxygen atoms in total. The molecule has 0 amide bonds. The van der Waals surface area contributed by atoms with E-state index < -0.39 is 11.7 Å². The van der Waals surface area contributed by atoms with Crippen molar-refractivity contribution in [2.45, 2.75) is 25.6 Å². The number of aliphatic hydroxyl groups excluding tert-OH is 1. The zero-order chi connectivity index (χ0) is 22.6. The zero-order valence-corrected chi connectivity index (χ0v) is 17.4. The molecule has 0 saturated heterocycles. The maximum atomic E-state index is 12.9. The van der Waals surface area contributed by atoms with Gasteiger partial charge in [0.05, 0.1) is 17.8 Å². The van der Waals surface area contributed by atoms with Gasteiger partial charge in [0.2, 0.25) is 0 Å². The SMILES string of the molecule is OCCc1cc(-c2ccccc2Cc2ccc(C(F)(F)F)cc2)nn1Cc1ccccc1. The Labute approximate surface area is 184 Å². The number of alkyl halides is 3. The molecule has 164 valence electrons. The molecule has 4 aromatic rings. The van der Waals surface area contributed by atoms with Crippen LogP contribution in [-0.4, -0.2) is 21.5 Å². The molecule has 0 atom stereocenters. The van der Waals surface area contributed by atoms with Crippen LogP contribution in [0, 0.1) is 0 Å². The highest BCUT2D eigenvalue weighted by atomic mass is 19.4. The van der Waals surface area contributed by atoms with E-state index in [2.05, 4.69) is 0 Å². The largest absolute Gasteiger partial charge is 0.416 e. The summed E-state index contributed by atoms with van der Waals surface area (Å²) in [5.41, 5.74) is 4.88. The second kappa shape index (κ2) is 9.40. The minimum Gasteiger partial charge on any atom is -0.396 e. The van der Waals surface area contributed by atoms with Crippen LogP contribution >= 0.6 is 0 Å². The summed E-state index contributed by atoms with van der Waals surface area (Å²) in [7, 11) is 0. The smallest absolute Gasteiger partial charge is 0.396 e. The molecule has 0 aliphatic carbocycles. The first-order chi connectivity index (χ1) is 15.4. The molecule has 0 bridgehead atoms. The molecule has 1 heterocycles. The summed E-state index contributed by atoms with van der Waals surface area (Å²) < 4.78 is 40.5. The van der Waals surface area contributed by atoms with E-state index in [1.165, 1.54) is 12.1 Å². The summed E-state index contributed by atoms with van der Waals surface area (Å²) in [6, 6.07) is 25.0. The summed E-state index contributed by atoms with van der Waals surface area (Å²) in [6.07, 6.45) is -3.36. The van der Waals surface area contributed by atoms with Crippen LogP contribution in [0.1, 0.15) is 27.9 Å². The maximum Gasteiger partial charge on any atom is 0.416 e. The molecule has 0 aliphatic heterocycles. The molecular formula is C26H23F3N2O. The Morgan fingerprint density at radius 2 is 1.50 bits per heavy atom. The molecule has 3 aromatic carbocycles. The Bertz CT molecular complexity index is 1170. The van der Waals surface area contributed by atoms with E-state index in [-0.39, 0.29) is 6.61 Å². The van der Waals surface area contributed by atoms with Crippen LogP contribution in [0.25, 0.3) is 11.3 Å². The van der Waals surface area contributed by atoms with E-state index >= 15 is 0 Å². The Balaban J connectivity index is 1.64. The molecule has 0 unspecified atom stereocenters. The first-order valence-corrected chi connectivity index (χ1v) is 10.4. The number of nitrogens with zero attached hydrogens (tertiary/aromatic N) is 2. The van der Waals surface area contributed by atoms with Crippen molar-refractivity contribution in [2.75, 3.05) is 6.61 Å². The molecular weight excluding hydrogens is 413 g/mol. The van der Waals surface area contributed by atoms with Crippen molar-refractivity contribution >= 4 is 0 Å². The number of aliphatic hydroxyl groups is 1. The average molecular weight is 436 g/mol. The number of benzene rings is 3. The molecule has 0 spiro atoms. The molecule has 4 rings (SSSR count). The van der Waals surface area contributed by atoms with Crippen molar-refractivity contribution in [3.63, 3.8) is 0 Å². The van der Waals surface area contributed by atoms with Gasteiger partial charge in [-0.25, -0.2) is 0 Å². The molecule has 6 heteroatoms. The normalized spacial score (nSPS) is 11.6. The third-order valence-electron chi connectivity index (χ3n) is 5.38. The predicted molar refractivity (Wildman–Crippen MR) is 118 cm³/mol. The van der Waals surface area contributed by atoms with E-state index in [1.54, 1.807) is 0 Å². The van der Waals surface area contributed by atoms with Crippen LogP contribution in [0.3, 0.4) is 0 Å². The van der Waals surface area contributed by atoms with Crippen molar-refractivity contribution in [3.8, 4) is 11.3 Å². The highest BCUT2D eigenvalue weighted by Crippen LogP contribution is 2.30. The van der Waals surface area contributed by atoms with E-state index in [9.17, 15) is 18.3 Å². The summed E-state index contributed by atoms with van der Waals surface area (Å²) >= 11 is 0. The summed E-state index contributed by atoms with van der Waals surface area (Å²) in [4.78, 5) is 0. The molecule has 1 N–H and O–H groups in total. The van der Waals surface area contributed by atoms with Crippen molar-refractivity contribution in [1.82, 2.24) is 9.78 Å². The Kier molecular flexibility index (Phi) is 6.42. The van der Waals surface area contributed by atoms with Gasteiger partial charge >= 0.3 is 6.18 Å². The van der Waals surface area contributed by atoms with Gasteiger partial charge in [0.1, 0.15) is 0 Å². The third kappa shape index (κ3) is 5.08. The standard InChI is InChI=1S/C26H23F3N2O/c27-26(28,29)22-12-10-19(11-13-22)16-21-8-4-5-9-24(21)25-17-23(14-15-32)31(30-25)18-20-6-2-1-3-7-20/h1-13,17,32H,14-16,18H2. The van der Waals surface area contributed by atoms with Crippen molar-refractivity contribution < 1.29 is 18.3 Å². The highest BCUT2D eigenvalue weighted by molar-refractivity contribution is 5.64. The second-order valence-electron chi connectivity index (χ2n) is 7.67. The summed E-state index contributed by atoms with van der Waals surface area (Å²) in [5, 5.41) is 14.3. The van der Waals surface area contributed by atoms with Gasteiger partial charge < -0.3 is 5.11 Å². The van der Waals surface area contributed by atoms with Crippen molar-refractivity contribution in [3.05, 3.63) is 113 Å². The molecule has 0 fully saturated rings. The number of aromatic nitrogens is 2. The molecule has 32 heavy (non-hydrogen) atoms. The summed E-state index contributed by atoms with van der Waals surface area (Å²) in [5.74, 6) is 0. The lowest BCUT2D eigenvalue weighted by molar-refractivity contribution is -0.137. The lowest BCUT2D eigenvalue weighted by Crippen LogP contribution is -2.07. The number of halogens is 3. The van der Waals surface area contributed by atoms with Gasteiger partial charge in [-0.3, -0.25) is 4.68 Å². The van der Waals surface area contributed by atoms with Gasteiger partial charge in [-0.05, 0) is 41.3 Å². The zero-order valence-electron chi connectivity index (χ0n) is 17.4. The van der Waals surface area contributed by atoms with Crippen LogP contribution in [0.15, 0.2) is 84.9 Å². The minimum atomic E-state index is -4.34. The van der Waals surface area contributed by atoms with E-state index in [0.29, 0.717) is 19.4 Å². The highest BCUT2D eigenvalue weighted by Gasteiger charge is 2.29. The lowest BCUT2D eigenvalue weighted by atomic mass is 9.97. The van der Waals surface area contributed by atoms with Gasteiger partial charge in [0.25, 0.3) is 0 Å². The topological polar surface area (TPSA) is 38.1 Å². The van der Waals surface area contributed by atoms with Crippen molar-refractivity contribution in [2.24, 2.45) is 0 Å². The average Bonchev–Trinajstić information content (AvgIpc) is 3.17. The van der Waals surface area contributed by atoms with E-state index in [1.807, 2.05) is 65.3 Å². The molecule has 1 aromatic heterocycles. The fraction of sp³-hybridized carbons (Fsp3) is 0.192. The first-order valence-electron chi connectivity index (χ1n) is 10.4. The van der Waals surface area contributed by atoms with Crippen LogP contribution in [0.4, 0.5) is 13.2 Å². The fourth-order valence-electron chi connectivity index (χ4n) is 3.75. The Morgan fingerprint density at radius 1 is 0.812 bits per heavy atom. The van der Waals surface area contributed by atoms with Gasteiger partial charge in [-0.15, -0.1) is 0 Å². The van der Waals surface area contributed by atoms with Gasteiger partial charge in [-0.1, -0.05) is 66.7 Å². The number of rotatable bonds is 7.